The Bertz CT molecular complexity index is 991. The molecule has 3 aromatic carbocycles. The summed E-state index contributed by atoms with van der Waals surface area (Å²) in [6.07, 6.45) is -3.52. The average Bonchev–Trinajstić information content (AvgIpc) is 2.78. The van der Waals surface area contributed by atoms with Crippen LogP contribution in [-0.4, -0.2) is 23.5 Å². The molecule has 0 spiro atoms. The molecule has 0 aliphatic rings. The fourth-order valence-corrected chi connectivity index (χ4v) is 7.73. The van der Waals surface area contributed by atoms with E-state index in [1.165, 1.54) is 0 Å². The van der Waals surface area contributed by atoms with Crippen LogP contribution in [0.4, 0.5) is 8.78 Å². The van der Waals surface area contributed by atoms with E-state index >= 15 is 0 Å². The zero-order valence-electron chi connectivity index (χ0n) is 16.2. The fraction of sp³-hybridized carbons (Fsp3) is 0.125. The third kappa shape index (κ3) is 4.11. The summed E-state index contributed by atoms with van der Waals surface area (Å²) < 4.78 is 25.9. The number of carbonyl (C=O) groups excluding carboxylic acids is 1. The van der Waals surface area contributed by atoms with Crippen molar-refractivity contribution in [1.29, 1.82) is 5.26 Å². The average molecular weight is 422 g/mol. The molecular formula is C24H21F2N2OP. The van der Waals surface area contributed by atoms with Crippen molar-refractivity contribution < 1.29 is 13.6 Å². The number of hydrogen-bond acceptors (Lipinski definition) is 3. The number of Topliss-reactive ketones (excluding diaryl/α,β-unsaturated/α-hetero) is 1. The van der Waals surface area contributed by atoms with Crippen LogP contribution in [0.25, 0.3) is 0 Å². The van der Waals surface area contributed by atoms with Gasteiger partial charge in [0.25, 0.3) is 0 Å². The number of benzene rings is 3. The molecule has 0 amide bonds. The van der Waals surface area contributed by atoms with Crippen molar-refractivity contribution in [1.82, 2.24) is 0 Å². The smallest absolute Gasteiger partial charge is 0.240 e. The first-order valence-corrected chi connectivity index (χ1v) is 11.2. The normalized spacial score (nSPS) is 12.2. The van der Waals surface area contributed by atoms with E-state index in [2.05, 4.69) is 6.07 Å². The van der Waals surface area contributed by atoms with E-state index in [1.54, 1.807) is 0 Å². The number of alkyl halides is 2. The van der Waals surface area contributed by atoms with E-state index in [1.807, 2.05) is 91.0 Å². The van der Waals surface area contributed by atoms with Crippen LogP contribution in [0.5, 0.6) is 0 Å². The second-order valence-electron chi connectivity index (χ2n) is 6.74. The van der Waals surface area contributed by atoms with Crippen LogP contribution in [0.1, 0.15) is 6.42 Å². The predicted molar refractivity (Wildman–Crippen MR) is 119 cm³/mol. The number of rotatable bonds is 7. The molecule has 0 radical (unpaired) electrons. The van der Waals surface area contributed by atoms with Gasteiger partial charge in [0.15, 0.2) is 5.78 Å². The fourth-order valence-electron chi connectivity index (χ4n) is 3.56. The first kappa shape index (κ1) is 21.6. The van der Waals surface area contributed by atoms with Gasteiger partial charge < -0.3 is 5.73 Å². The first-order valence-electron chi connectivity index (χ1n) is 9.43. The highest BCUT2D eigenvalue weighted by atomic mass is 31.2. The molecule has 152 valence electrons. The van der Waals surface area contributed by atoms with Crippen molar-refractivity contribution >= 4 is 33.9 Å². The van der Waals surface area contributed by atoms with Crippen LogP contribution >= 0.6 is 6.89 Å². The van der Waals surface area contributed by atoms with E-state index in [0.717, 1.165) is 15.9 Å². The third-order valence-electron chi connectivity index (χ3n) is 4.87. The molecule has 0 saturated heterocycles. The van der Waals surface area contributed by atoms with E-state index in [0.29, 0.717) is 0 Å². The predicted octanol–water partition coefficient (Wildman–Crippen LogP) is 3.23. The largest absolute Gasteiger partial charge is 0.321 e. The Morgan fingerprint density at radius 2 is 1.20 bits per heavy atom. The lowest BCUT2D eigenvalue weighted by Crippen LogP contribution is -2.41. The second kappa shape index (κ2) is 9.63. The highest BCUT2D eigenvalue weighted by Crippen LogP contribution is 2.46. The summed E-state index contributed by atoms with van der Waals surface area (Å²) >= 11 is 0. The molecule has 3 nitrogen and oxygen atoms in total. The van der Waals surface area contributed by atoms with Crippen LogP contribution in [0.3, 0.4) is 0 Å². The van der Waals surface area contributed by atoms with Gasteiger partial charge in [0.2, 0.25) is 6.43 Å². The van der Waals surface area contributed by atoms with Gasteiger partial charge >= 0.3 is 0 Å². The Kier molecular flexibility index (Phi) is 6.95. The molecule has 0 aliphatic heterocycles. The van der Waals surface area contributed by atoms with Crippen LogP contribution in [0.15, 0.2) is 91.0 Å². The zero-order chi connectivity index (χ0) is 21.6. The summed E-state index contributed by atoms with van der Waals surface area (Å²) in [5, 5.41) is 12.5. The van der Waals surface area contributed by atoms with Crippen LogP contribution < -0.4 is 21.6 Å². The van der Waals surface area contributed by atoms with E-state index < -0.39 is 31.6 Å². The summed E-state index contributed by atoms with van der Waals surface area (Å²) in [7, 11) is 0. The molecule has 0 unspecified atom stereocenters. The molecule has 3 aromatic rings. The van der Waals surface area contributed by atoms with Crippen LogP contribution in [-0.2, 0) is 4.79 Å². The van der Waals surface area contributed by atoms with Gasteiger partial charge in [-0.2, -0.15) is 5.26 Å². The molecule has 30 heavy (non-hydrogen) atoms. The molecular weight excluding hydrogens is 401 g/mol. The molecule has 0 aromatic heterocycles. The quantitative estimate of drug-likeness (QED) is 0.595. The molecule has 0 fully saturated rings. The number of carbonyl (C=O) groups is 1. The molecule has 3 rings (SSSR count). The molecule has 6 heteroatoms. The summed E-state index contributed by atoms with van der Waals surface area (Å²) in [6.45, 7) is -2.94. The van der Waals surface area contributed by atoms with Crippen molar-refractivity contribution in [3.63, 3.8) is 0 Å². The van der Waals surface area contributed by atoms with Crippen molar-refractivity contribution in [2.24, 2.45) is 5.73 Å². The monoisotopic (exact) mass is 422 g/mol. The minimum Gasteiger partial charge on any atom is -0.321 e. The highest BCUT2D eigenvalue weighted by molar-refractivity contribution is 7.97. The minimum absolute atomic E-state index is 0.0701. The molecule has 0 saturated carbocycles. The van der Waals surface area contributed by atoms with Crippen molar-refractivity contribution in [2.45, 2.75) is 18.9 Å². The van der Waals surface area contributed by atoms with Gasteiger partial charge in [-0.1, -0.05) is 91.0 Å². The number of nitriles is 1. The van der Waals surface area contributed by atoms with Gasteiger partial charge in [-0.3, -0.25) is 4.79 Å². The number of halogens is 2. The summed E-state index contributed by atoms with van der Waals surface area (Å²) in [6, 6.07) is 28.5. The summed E-state index contributed by atoms with van der Waals surface area (Å²) in [5.74, 6) is -0.734. The minimum atomic E-state index is -2.94. The van der Waals surface area contributed by atoms with Crippen LogP contribution in [0.2, 0.25) is 0 Å². The zero-order valence-corrected chi connectivity index (χ0v) is 17.1. The Morgan fingerprint density at radius 3 is 1.50 bits per heavy atom. The van der Waals surface area contributed by atoms with E-state index in [-0.39, 0.29) is 5.29 Å². The maximum absolute atomic E-state index is 13.3. The lowest BCUT2D eigenvalue weighted by Gasteiger charge is -2.30. The highest BCUT2D eigenvalue weighted by Gasteiger charge is 2.35. The summed E-state index contributed by atoms with van der Waals surface area (Å²) in [4.78, 5) is 13.3. The Hall–Kier alpha value is -3.06. The molecule has 1 atom stereocenters. The standard InChI is InChI=1S/C24H21F2N2OP/c25-23(26)16-21(28)24(29)22(17-27)30(18-10-4-1-5-11-18,19-12-6-2-7-13-19)20-14-8-3-9-15-20/h1-15,21,23H,16,28H2/t21-/m1/s1. The number of nitrogens with zero attached hydrogens (tertiary/aromatic N) is 1. The topological polar surface area (TPSA) is 66.9 Å². The van der Waals surface area contributed by atoms with Gasteiger partial charge in [0, 0.05) is 6.42 Å². The first-order chi connectivity index (χ1) is 14.5. The maximum atomic E-state index is 13.3. The second-order valence-corrected chi connectivity index (χ2v) is 10.1. The van der Waals surface area contributed by atoms with Gasteiger partial charge in [-0.25, -0.2) is 8.78 Å². The van der Waals surface area contributed by atoms with Crippen LogP contribution in [0, 0.1) is 11.3 Å². The molecule has 0 aliphatic carbocycles. The number of hydrogen-bond donors (Lipinski definition) is 1. The van der Waals surface area contributed by atoms with Gasteiger partial charge in [0.1, 0.15) is 11.4 Å². The molecule has 2 N–H and O–H groups in total. The number of nitrogens with two attached hydrogens (primary N) is 1. The van der Waals surface area contributed by atoms with Gasteiger partial charge in [-0.05, 0) is 22.8 Å². The molecule has 0 heterocycles. The Balaban J connectivity index is 2.49. The van der Waals surface area contributed by atoms with Crippen molar-refractivity contribution in [3.8, 4) is 6.07 Å². The maximum Gasteiger partial charge on any atom is 0.240 e. The van der Waals surface area contributed by atoms with E-state index in [9.17, 15) is 18.8 Å². The number of ketones is 1. The van der Waals surface area contributed by atoms with Crippen molar-refractivity contribution in [3.05, 3.63) is 91.0 Å². The summed E-state index contributed by atoms with van der Waals surface area (Å²) in [5.41, 5.74) is 5.84. The van der Waals surface area contributed by atoms with Crippen molar-refractivity contribution in [2.75, 3.05) is 0 Å². The van der Waals surface area contributed by atoms with Gasteiger partial charge in [0.05, 0.1) is 6.04 Å². The molecule has 0 bridgehead atoms. The Labute approximate surface area is 174 Å². The SMILES string of the molecule is N#CC(C(=O)[C@H](N)CC(F)F)=P(c1ccccc1)(c1ccccc1)c1ccccc1. The Morgan fingerprint density at radius 1 is 0.833 bits per heavy atom. The third-order valence-corrected chi connectivity index (χ3v) is 9.08. The van der Waals surface area contributed by atoms with E-state index in [4.69, 9.17) is 5.73 Å². The van der Waals surface area contributed by atoms with Gasteiger partial charge in [-0.15, -0.1) is 0 Å². The lowest BCUT2D eigenvalue weighted by atomic mass is 10.1. The lowest BCUT2D eigenvalue weighted by molar-refractivity contribution is -0.114.